The molecule has 2 aromatic rings. The molecule has 1 unspecified atom stereocenters. The van der Waals surface area contributed by atoms with Gasteiger partial charge in [-0.2, -0.15) is 5.10 Å². The normalized spacial score (nSPS) is 13.0. The highest BCUT2D eigenvalue weighted by Crippen LogP contribution is 2.24. The summed E-state index contributed by atoms with van der Waals surface area (Å²) < 4.78 is 1.86. The van der Waals surface area contributed by atoms with Crippen molar-refractivity contribution in [3.63, 3.8) is 0 Å². The van der Waals surface area contributed by atoms with Gasteiger partial charge in [0, 0.05) is 17.8 Å². The molecule has 1 atom stereocenters. The first-order chi connectivity index (χ1) is 8.47. The highest BCUT2D eigenvalue weighted by molar-refractivity contribution is 5.34. The fourth-order valence-electron chi connectivity index (χ4n) is 2.14. The number of aromatic nitrogens is 2. The molecule has 0 spiro atoms. The van der Waals surface area contributed by atoms with Gasteiger partial charge in [-0.3, -0.25) is 4.68 Å². The van der Waals surface area contributed by atoms with Crippen molar-refractivity contribution in [2.75, 3.05) is 0 Å². The van der Waals surface area contributed by atoms with Crippen LogP contribution >= 0.6 is 0 Å². The lowest BCUT2D eigenvalue weighted by atomic mass is 10.00. The Labute approximate surface area is 108 Å². The third kappa shape index (κ3) is 2.62. The second kappa shape index (κ2) is 4.94. The molecular weight excluding hydrogens is 224 g/mol. The lowest BCUT2D eigenvalue weighted by Gasteiger charge is -2.11. The van der Waals surface area contributed by atoms with E-state index in [-0.39, 0.29) is 0 Å². The van der Waals surface area contributed by atoms with E-state index in [1.807, 2.05) is 36.9 Å². The van der Waals surface area contributed by atoms with Gasteiger partial charge in [-0.15, -0.1) is 0 Å². The van der Waals surface area contributed by atoms with Crippen LogP contribution in [0.3, 0.4) is 0 Å². The van der Waals surface area contributed by atoms with Gasteiger partial charge in [0.1, 0.15) is 6.10 Å². The van der Waals surface area contributed by atoms with Crippen LogP contribution in [0, 0.1) is 13.8 Å². The molecule has 18 heavy (non-hydrogen) atoms. The predicted molar refractivity (Wildman–Crippen MR) is 72.6 cm³/mol. The molecular formula is C15H20N2O. The molecule has 0 radical (unpaired) electrons. The van der Waals surface area contributed by atoms with E-state index in [1.165, 1.54) is 11.1 Å². The monoisotopic (exact) mass is 244 g/mol. The number of hydrogen-bond acceptors (Lipinski definition) is 2. The molecule has 0 aliphatic carbocycles. The van der Waals surface area contributed by atoms with E-state index >= 15 is 0 Å². The van der Waals surface area contributed by atoms with Crippen molar-refractivity contribution in [3.8, 4) is 0 Å². The maximum absolute atomic E-state index is 10.4. The van der Waals surface area contributed by atoms with Gasteiger partial charge in [0.2, 0.25) is 0 Å². The fourth-order valence-corrected chi connectivity index (χ4v) is 2.14. The van der Waals surface area contributed by atoms with Gasteiger partial charge in [-0.1, -0.05) is 29.3 Å². The van der Waals surface area contributed by atoms with Crippen molar-refractivity contribution in [2.24, 2.45) is 0 Å². The summed E-state index contributed by atoms with van der Waals surface area (Å²) in [5, 5.41) is 14.6. The quantitative estimate of drug-likeness (QED) is 0.900. The summed E-state index contributed by atoms with van der Waals surface area (Å²) in [6, 6.07) is 6.45. The lowest BCUT2D eigenvalue weighted by molar-refractivity contribution is 0.220. The molecule has 0 amide bonds. The molecule has 3 nitrogen and oxygen atoms in total. The molecule has 96 valence electrons. The first-order valence-electron chi connectivity index (χ1n) is 6.27. The number of rotatable bonds is 3. The minimum atomic E-state index is -0.601. The third-order valence-electron chi connectivity index (χ3n) is 3.03. The Balaban J connectivity index is 2.31. The number of nitrogens with zero attached hydrogens (tertiary/aromatic N) is 2. The Morgan fingerprint density at radius 2 is 1.67 bits per heavy atom. The molecule has 1 N–H and O–H groups in total. The molecule has 3 heteroatoms. The molecule has 0 saturated heterocycles. The maximum atomic E-state index is 10.4. The zero-order valence-electron chi connectivity index (χ0n) is 11.4. The molecule has 0 saturated carbocycles. The van der Waals surface area contributed by atoms with Crippen LogP contribution in [0.2, 0.25) is 0 Å². The smallest absolute Gasteiger partial charge is 0.107 e. The van der Waals surface area contributed by atoms with Crippen LogP contribution in [-0.2, 0) is 0 Å². The van der Waals surface area contributed by atoms with Crippen LogP contribution in [0.25, 0.3) is 0 Å². The van der Waals surface area contributed by atoms with Gasteiger partial charge in [-0.05, 0) is 33.3 Å². The third-order valence-corrected chi connectivity index (χ3v) is 3.03. The Kier molecular flexibility index (Phi) is 3.53. The minimum Gasteiger partial charge on any atom is -0.384 e. The Morgan fingerprint density at radius 3 is 2.17 bits per heavy atom. The molecule has 1 aromatic carbocycles. The first kappa shape index (κ1) is 12.8. The summed E-state index contributed by atoms with van der Waals surface area (Å²) in [7, 11) is 0. The first-order valence-corrected chi connectivity index (χ1v) is 6.27. The second-order valence-electron chi connectivity index (χ2n) is 5.17. The van der Waals surface area contributed by atoms with Crippen molar-refractivity contribution >= 4 is 0 Å². The van der Waals surface area contributed by atoms with Crippen molar-refractivity contribution in [3.05, 3.63) is 52.8 Å². The fraction of sp³-hybridized carbons (Fsp3) is 0.400. The standard InChI is InChI=1S/C15H20N2O/c1-10(2)17-9-14(8-16-17)15(18)13-6-11(3)5-12(4)7-13/h5-10,15,18H,1-4H3. The van der Waals surface area contributed by atoms with Crippen molar-refractivity contribution in [1.82, 2.24) is 9.78 Å². The largest absolute Gasteiger partial charge is 0.384 e. The van der Waals surface area contributed by atoms with Crippen LogP contribution in [0.5, 0.6) is 0 Å². The van der Waals surface area contributed by atoms with E-state index in [9.17, 15) is 5.11 Å². The van der Waals surface area contributed by atoms with Crippen molar-refractivity contribution < 1.29 is 5.11 Å². The molecule has 0 aliphatic rings. The topological polar surface area (TPSA) is 38.1 Å². The van der Waals surface area contributed by atoms with Gasteiger partial charge in [0.15, 0.2) is 0 Å². The SMILES string of the molecule is Cc1cc(C)cc(C(O)c2cnn(C(C)C)c2)c1. The average molecular weight is 244 g/mol. The Morgan fingerprint density at radius 1 is 1.06 bits per heavy atom. The highest BCUT2D eigenvalue weighted by Gasteiger charge is 2.14. The van der Waals surface area contributed by atoms with Gasteiger partial charge in [0.25, 0.3) is 0 Å². The molecule has 0 fully saturated rings. The van der Waals surface area contributed by atoms with Gasteiger partial charge >= 0.3 is 0 Å². The van der Waals surface area contributed by atoms with E-state index in [1.54, 1.807) is 6.20 Å². The number of hydrogen-bond donors (Lipinski definition) is 1. The van der Waals surface area contributed by atoms with E-state index < -0.39 is 6.10 Å². The van der Waals surface area contributed by atoms with Crippen molar-refractivity contribution in [2.45, 2.75) is 39.8 Å². The second-order valence-corrected chi connectivity index (χ2v) is 5.17. The van der Waals surface area contributed by atoms with E-state index in [2.05, 4.69) is 25.0 Å². The van der Waals surface area contributed by atoms with Gasteiger partial charge in [0.05, 0.1) is 6.20 Å². The Hall–Kier alpha value is -1.61. The summed E-state index contributed by atoms with van der Waals surface area (Å²) in [6.45, 7) is 8.22. The molecule has 0 aliphatic heterocycles. The van der Waals surface area contributed by atoms with E-state index in [0.717, 1.165) is 11.1 Å². The average Bonchev–Trinajstić information content (AvgIpc) is 2.75. The van der Waals surface area contributed by atoms with Gasteiger partial charge < -0.3 is 5.11 Å². The van der Waals surface area contributed by atoms with Crippen LogP contribution in [0.15, 0.2) is 30.6 Å². The molecule has 0 bridgehead atoms. The summed E-state index contributed by atoms with van der Waals surface area (Å²) in [6.07, 6.45) is 3.05. The summed E-state index contributed by atoms with van der Waals surface area (Å²) >= 11 is 0. The van der Waals surface area contributed by atoms with Crippen LogP contribution in [0.1, 0.15) is 48.2 Å². The minimum absolute atomic E-state index is 0.310. The lowest BCUT2D eigenvalue weighted by Crippen LogP contribution is -2.02. The van der Waals surface area contributed by atoms with Crippen LogP contribution in [0.4, 0.5) is 0 Å². The van der Waals surface area contributed by atoms with Crippen LogP contribution < -0.4 is 0 Å². The summed E-state index contributed by atoms with van der Waals surface area (Å²) in [5.41, 5.74) is 4.10. The van der Waals surface area contributed by atoms with E-state index in [0.29, 0.717) is 6.04 Å². The number of aliphatic hydroxyl groups excluding tert-OH is 1. The van der Waals surface area contributed by atoms with Crippen molar-refractivity contribution in [1.29, 1.82) is 0 Å². The molecule has 2 rings (SSSR count). The number of aryl methyl sites for hydroxylation is 2. The highest BCUT2D eigenvalue weighted by atomic mass is 16.3. The summed E-state index contributed by atoms with van der Waals surface area (Å²) in [5.74, 6) is 0. The van der Waals surface area contributed by atoms with E-state index in [4.69, 9.17) is 0 Å². The Bertz CT molecular complexity index is 523. The predicted octanol–water partition coefficient (Wildman–Crippen LogP) is 3.16. The van der Waals surface area contributed by atoms with Crippen LogP contribution in [-0.4, -0.2) is 14.9 Å². The molecule has 1 heterocycles. The zero-order chi connectivity index (χ0) is 13.3. The zero-order valence-corrected chi connectivity index (χ0v) is 11.4. The summed E-state index contributed by atoms with van der Waals surface area (Å²) in [4.78, 5) is 0. The maximum Gasteiger partial charge on any atom is 0.107 e. The van der Waals surface area contributed by atoms with Gasteiger partial charge in [-0.25, -0.2) is 0 Å². The number of benzene rings is 1. The molecule has 1 aromatic heterocycles. The number of aliphatic hydroxyl groups is 1.